The first-order valence-electron chi connectivity index (χ1n) is 7.08. The molecule has 0 aliphatic carbocycles. The summed E-state index contributed by atoms with van der Waals surface area (Å²) >= 11 is 5.35. The van der Waals surface area contributed by atoms with E-state index >= 15 is 0 Å². The first kappa shape index (κ1) is 16.7. The molecular formula is C17H22BrNOS. The topological polar surface area (TPSA) is 21.3 Å². The third-order valence-electron chi connectivity index (χ3n) is 2.97. The van der Waals surface area contributed by atoms with Crippen molar-refractivity contribution in [1.29, 1.82) is 0 Å². The highest BCUT2D eigenvalue weighted by molar-refractivity contribution is 9.10. The maximum atomic E-state index is 5.81. The Bertz CT molecular complexity index is 574. The van der Waals surface area contributed by atoms with Crippen molar-refractivity contribution in [3.63, 3.8) is 0 Å². The van der Waals surface area contributed by atoms with Crippen LogP contribution < -0.4 is 5.32 Å². The number of hydrogen-bond donors (Lipinski definition) is 1. The lowest BCUT2D eigenvalue weighted by Gasteiger charge is -2.19. The Labute approximate surface area is 139 Å². The summed E-state index contributed by atoms with van der Waals surface area (Å²) in [5, 5.41) is 3.50. The predicted molar refractivity (Wildman–Crippen MR) is 93.5 cm³/mol. The summed E-state index contributed by atoms with van der Waals surface area (Å²) in [6.45, 7) is 8.77. The maximum absolute atomic E-state index is 5.81. The molecule has 0 fully saturated rings. The largest absolute Gasteiger partial charge is 0.371 e. The van der Waals surface area contributed by atoms with Gasteiger partial charge in [0.05, 0.1) is 13.2 Å². The lowest BCUT2D eigenvalue weighted by atomic mass is 10.1. The van der Waals surface area contributed by atoms with E-state index < -0.39 is 0 Å². The molecule has 1 aromatic heterocycles. The second-order valence-corrected chi connectivity index (χ2v) is 8.16. The number of thiophene rings is 1. The molecule has 4 heteroatoms. The fourth-order valence-electron chi connectivity index (χ4n) is 1.82. The van der Waals surface area contributed by atoms with Crippen molar-refractivity contribution >= 4 is 27.3 Å². The highest BCUT2D eigenvalue weighted by Crippen LogP contribution is 2.20. The Kier molecular flexibility index (Phi) is 5.99. The summed E-state index contributed by atoms with van der Waals surface area (Å²) in [5.74, 6) is 0. The van der Waals surface area contributed by atoms with Crippen LogP contribution in [-0.2, 0) is 24.5 Å². The van der Waals surface area contributed by atoms with E-state index in [-0.39, 0.29) is 5.54 Å². The van der Waals surface area contributed by atoms with Crippen molar-refractivity contribution in [2.24, 2.45) is 0 Å². The van der Waals surface area contributed by atoms with Crippen molar-refractivity contribution in [2.75, 3.05) is 0 Å². The average Bonchev–Trinajstić information content (AvgIpc) is 2.86. The van der Waals surface area contributed by atoms with E-state index in [9.17, 15) is 0 Å². The van der Waals surface area contributed by atoms with Gasteiger partial charge in [-0.1, -0.05) is 34.1 Å². The molecule has 0 atom stereocenters. The third-order valence-corrected chi connectivity index (χ3v) is 4.80. The number of halogens is 1. The molecule has 1 N–H and O–H groups in total. The minimum atomic E-state index is 0.153. The Morgan fingerprint density at radius 1 is 1.05 bits per heavy atom. The number of benzene rings is 1. The van der Waals surface area contributed by atoms with E-state index in [2.05, 4.69) is 60.2 Å². The number of hydrogen-bond acceptors (Lipinski definition) is 3. The molecule has 1 aromatic carbocycles. The van der Waals surface area contributed by atoms with Gasteiger partial charge in [-0.2, -0.15) is 0 Å². The zero-order valence-electron chi connectivity index (χ0n) is 12.8. The Morgan fingerprint density at radius 2 is 1.76 bits per heavy atom. The molecule has 0 bridgehead atoms. The smallest absolute Gasteiger partial charge is 0.0814 e. The second kappa shape index (κ2) is 7.54. The molecule has 21 heavy (non-hydrogen) atoms. The van der Waals surface area contributed by atoms with Gasteiger partial charge < -0.3 is 10.1 Å². The molecule has 114 valence electrons. The van der Waals surface area contributed by atoms with Gasteiger partial charge in [0.25, 0.3) is 0 Å². The molecule has 0 unspecified atom stereocenters. The van der Waals surface area contributed by atoms with Crippen molar-refractivity contribution in [2.45, 2.75) is 46.1 Å². The SMILES string of the molecule is CC(C)(C)NCc1ccc(COCc2ccccc2Br)s1. The highest BCUT2D eigenvalue weighted by Gasteiger charge is 2.09. The monoisotopic (exact) mass is 367 g/mol. The summed E-state index contributed by atoms with van der Waals surface area (Å²) in [6, 6.07) is 12.5. The van der Waals surface area contributed by atoms with E-state index in [1.165, 1.54) is 15.3 Å². The van der Waals surface area contributed by atoms with E-state index in [4.69, 9.17) is 4.74 Å². The molecule has 2 aromatic rings. The van der Waals surface area contributed by atoms with E-state index in [1.54, 1.807) is 0 Å². The molecule has 0 spiro atoms. The first-order valence-corrected chi connectivity index (χ1v) is 8.69. The van der Waals surface area contributed by atoms with Crippen LogP contribution in [0.15, 0.2) is 40.9 Å². The van der Waals surface area contributed by atoms with Gasteiger partial charge in [-0.15, -0.1) is 11.3 Å². The minimum Gasteiger partial charge on any atom is -0.371 e. The van der Waals surface area contributed by atoms with Gasteiger partial charge in [-0.05, 0) is 44.5 Å². The molecule has 0 saturated heterocycles. The average molecular weight is 368 g/mol. The van der Waals surface area contributed by atoms with Crippen LogP contribution in [-0.4, -0.2) is 5.54 Å². The van der Waals surface area contributed by atoms with E-state index in [1.807, 2.05) is 29.5 Å². The van der Waals surface area contributed by atoms with E-state index in [0.29, 0.717) is 13.2 Å². The molecule has 2 rings (SSSR count). The molecule has 0 aliphatic heterocycles. The summed E-state index contributed by atoms with van der Waals surface area (Å²) in [6.07, 6.45) is 0. The van der Waals surface area contributed by atoms with Crippen molar-refractivity contribution < 1.29 is 4.74 Å². The van der Waals surface area contributed by atoms with Crippen molar-refractivity contribution in [3.8, 4) is 0 Å². The van der Waals surface area contributed by atoms with Crippen LogP contribution in [0.25, 0.3) is 0 Å². The molecule has 1 heterocycles. The van der Waals surface area contributed by atoms with Gasteiger partial charge in [0.1, 0.15) is 0 Å². The fraction of sp³-hybridized carbons (Fsp3) is 0.412. The lowest BCUT2D eigenvalue weighted by molar-refractivity contribution is 0.109. The Balaban J connectivity index is 1.79. The van der Waals surface area contributed by atoms with Crippen LogP contribution in [0.2, 0.25) is 0 Å². The predicted octanol–water partition coefficient (Wildman–Crippen LogP) is 5.12. The summed E-state index contributed by atoms with van der Waals surface area (Å²) in [4.78, 5) is 2.62. The molecule has 0 aliphatic rings. The van der Waals surface area contributed by atoms with Crippen LogP contribution in [0.1, 0.15) is 36.1 Å². The number of rotatable bonds is 6. The van der Waals surface area contributed by atoms with Crippen LogP contribution in [0.4, 0.5) is 0 Å². The summed E-state index contributed by atoms with van der Waals surface area (Å²) in [5.41, 5.74) is 1.34. The van der Waals surface area contributed by atoms with Gasteiger partial charge in [0, 0.05) is 26.3 Å². The maximum Gasteiger partial charge on any atom is 0.0814 e. The van der Waals surface area contributed by atoms with E-state index in [0.717, 1.165) is 11.0 Å². The first-order chi connectivity index (χ1) is 9.94. The molecular weight excluding hydrogens is 346 g/mol. The van der Waals surface area contributed by atoms with Gasteiger partial charge in [0.15, 0.2) is 0 Å². The Morgan fingerprint density at radius 3 is 2.48 bits per heavy atom. The van der Waals surface area contributed by atoms with Gasteiger partial charge in [-0.3, -0.25) is 0 Å². The zero-order chi connectivity index (χ0) is 15.3. The summed E-state index contributed by atoms with van der Waals surface area (Å²) < 4.78 is 6.91. The number of ether oxygens (including phenoxy) is 1. The third kappa shape index (κ3) is 5.91. The highest BCUT2D eigenvalue weighted by atomic mass is 79.9. The van der Waals surface area contributed by atoms with Gasteiger partial charge in [-0.25, -0.2) is 0 Å². The minimum absolute atomic E-state index is 0.153. The zero-order valence-corrected chi connectivity index (χ0v) is 15.2. The normalized spacial score (nSPS) is 11.8. The number of nitrogens with one attached hydrogen (secondary N) is 1. The quantitative estimate of drug-likeness (QED) is 0.765. The second-order valence-electron chi connectivity index (χ2n) is 6.06. The van der Waals surface area contributed by atoms with Crippen LogP contribution in [0.5, 0.6) is 0 Å². The summed E-state index contributed by atoms with van der Waals surface area (Å²) in [7, 11) is 0. The molecule has 0 radical (unpaired) electrons. The van der Waals surface area contributed by atoms with Crippen molar-refractivity contribution in [3.05, 3.63) is 56.2 Å². The standard InChI is InChI=1S/C17H22BrNOS/c1-17(2,3)19-10-14-8-9-15(21-14)12-20-11-13-6-4-5-7-16(13)18/h4-9,19H,10-12H2,1-3H3. The fourth-order valence-corrected chi connectivity index (χ4v) is 3.12. The van der Waals surface area contributed by atoms with Gasteiger partial charge in [0.2, 0.25) is 0 Å². The lowest BCUT2D eigenvalue weighted by Crippen LogP contribution is -2.34. The van der Waals surface area contributed by atoms with Crippen LogP contribution in [0.3, 0.4) is 0 Å². The Hall–Kier alpha value is -0.680. The van der Waals surface area contributed by atoms with Crippen LogP contribution >= 0.6 is 27.3 Å². The molecule has 0 saturated carbocycles. The van der Waals surface area contributed by atoms with Gasteiger partial charge >= 0.3 is 0 Å². The van der Waals surface area contributed by atoms with Crippen molar-refractivity contribution in [1.82, 2.24) is 5.32 Å². The molecule has 2 nitrogen and oxygen atoms in total. The van der Waals surface area contributed by atoms with Crippen LogP contribution in [0, 0.1) is 0 Å². The molecule has 0 amide bonds.